The Morgan fingerprint density at radius 2 is 2.28 bits per heavy atom. The van der Waals surface area contributed by atoms with Crippen molar-refractivity contribution in [2.24, 2.45) is 5.92 Å². The van der Waals surface area contributed by atoms with Gasteiger partial charge in [0.1, 0.15) is 11.9 Å². The molecule has 0 radical (unpaired) electrons. The predicted molar refractivity (Wildman–Crippen MR) is 68.9 cm³/mol. The van der Waals surface area contributed by atoms with E-state index in [4.69, 9.17) is 4.74 Å². The minimum atomic E-state index is 0.223. The predicted octanol–water partition coefficient (Wildman–Crippen LogP) is 2.53. The average Bonchev–Trinajstić information content (AvgIpc) is 2.92. The molecular weight excluding hydrogens is 228 g/mol. The molecule has 1 saturated heterocycles. The number of nitrogens with zero attached hydrogens (tertiary/aromatic N) is 1. The van der Waals surface area contributed by atoms with Gasteiger partial charge in [-0.15, -0.1) is 0 Å². The van der Waals surface area contributed by atoms with Crippen LogP contribution in [0.2, 0.25) is 0 Å². The number of hydrogen-bond acceptors (Lipinski definition) is 2. The summed E-state index contributed by atoms with van der Waals surface area (Å²) >= 11 is 0. The van der Waals surface area contributed by atoms with E-state index < -0.39 is 0 Å². The third-order valence-corrected chi connectivity index (χ3v) is 4.66. The molecule has 3 heteroatoms. The fourth-order valence-electron chi connectivity index (χ4n) is 3.77. The van der Waals surface area contributed by atoms with Crippen LogP contribution in [0.15, 0.2) is 18.2 Å². The van der Waals surface area contributed by atoms with E-state index in [1.54, 1.807) is 0 Å². The van der Waals surface area contributed by atoms with E-state index >= 15 is 0 Å². The molecule has 0 bridgehead atoms. The van der Waals surface area contributed by atoms with Gasteiger partial charge in [0.25, 0.3) is 0 Å². The van der Waals surface area contributed by atoms with Crippen LogP contribution in [0.1, 0.15) is 31.7 Å². The molecule has 0 unspecified atom stereocenters. The maximum atomic E-state index is 12.2. The fourth-order valence-corrected chi connectivity index (χ4v) is 3.77. The van der Waals surface area contributed by atoms with Crippen LogP contribution in [0.3, 0.4) is 0 Å². The first-order valence-electron chi connectivity index (χ1n) is 6.89. The highest BCUT2D eigenvalue weighted by Gasteiger charge is 2.52. The molecule has 1 aromatic rings. The summed E-state index contributed by atoms with van der Waals surface area (Å²) in [5.41, 5.74) is 2.26. The Kier molecular flexibility index (Phi) is 2.02. The van der Waals surface area contributed by atoms with E-state index in [-0.39, 0.29) is 12.0 Å². The van der Waals surface area contributed by atoms with E-state index in [0.717, 1.165) is 30.7 Å². The van der Waals surface area contributed by atoms with Crippen LogP contribution in [-0.2, 0) is 11.2 Å². The zero-order valence-corrected chi connectivity index (χ0v) is 10.6. The number of anilines is 1. The first-order chi connectivity index (χ1) is 8.78. The SMILES string of the molecule is CCc1ccc2c(c1)[18O][C@@H]1CC[C@@H]3CC(=O)N2[C@@H]31. The van der Waals surface area contributed by atoms with Crippen molar-refractivity contribution < 1.29 is 9.53 Å². The van der Waals surface area contributed by atoms with Crippen molar-refractivity contribution in [3.05, 3.63) is 23.8 Å². The number of fused-ring (bicyclic) bond motifs is 2. The number of rotatable bonds is 1. The van der Waals surface area contributed by atoms with Gasteiger partial charge in [-0.1, -0.05) is 13.0 Å². The van der Waals surface area contributed by atoms with Crippen molar-refractivity contribution in [2.45, 2.75) is 44.8 Å². The molecule has 1 aliphatic carbocycles. The van der Waals surface area contributed by atoms with Crippen molar-refractivity contribution in [2.75, 3.05) is 4.90 Å². The lowest BCUT2D eigenvalue weighted by Gasteiger charge is -2.36. The van der Waals surface area contributed by atoms with E-state index in [0.29, 0.717) is 18.4 Å². The maximum Gasteiger partial charge on any atom is 0.227 e. The molecule has 18 heavy (non-hydrogen) atoms. The molecule has 3 atom stereocenters. The molecule has 1 aromatic carbocycles. The highest BCUT2D eigenvalue weighted by atomic mass is 18.3. The number of aryl methyl sites for hydroxylation is 1. The molecular formula is C15H17NO2. The van der Waals surface area contributed by atoms with E-state index in [1.807, 2.05) is 4.90 Å². The van der Waals surface area contributed by atoms with Gasteiger partial charge in [0.15, 0.2) is 0 Å². The summed E-state index contributed by atoms with van der Waals surface area (Å²) < 4.78 is 6.13. The topological polar surface area (TPSA) is 29.5 Å². The second-order valence-corrected chi connectivity index (χ2v) is 5.61. The molecule has 1 amide bonds. The lowest BCUT2D eigenvalue weighted by molar-refractivity contribution is -0.117. The Morgan fingerprint density at radius 1 is 1.39 bits per heavy atom. The quantitative estimate of drug-likeness (QED) is 0.711. The largest absolute Gasteiger partial charge is 0.486 e. The van der Waals surface area contributed by atoms with Crippen molar-refractivity contribution in [1.29, 1.82) is 0 Å². The lowest BCUT2D eigenvalue weighted by atomic mass is 10.0. The molecule has 0 spiro atoms. The third kappa shape index (κ3) is 1.22. The van der Waals surface area contributed by atoms with E-state index in [9.17, 15) is 4.79 Å². The van der Waals surface area contributed by atoms with Crippen LogP contribution in [0.5, 0.6) is 5.75 Å². The monoisotopic (exact) mass is 245 g/mol. The van der Waals surface area contributed by atoms with Gasteiger partial charge < -0.3 is 9.64 Å². The summed E-state index contributed by atoms with van der Waals surface area (Å²) in [5, 5.41) is 0. The first-order valence-corrected chi connectivity index (χ1v) is 6.89. The smallest absolute Gasteiger partial charge is 0.227 e. The Bertz CT molecular complexity index is 525. The maximum absolute atomic E-state index is 12.2. The summed E-state index contributed by atoms with van der Waals surface area (Å²) in [5.74, 6) is 1.71. The summed E-state index contributed by atoms with van der Waals surface area (Å²) in [4.78, 5) is 14.2. The summed E-state index contributed by atoms with van der Waals surface area (Å²) in [6.45, 7) is 2.14. The van der Waals surface area contributed by atoms with Crippen LogP contribution in [0, 0.1) is 5.92 Å². The van der Waals surface area contributed by atoms with Gasteiger partial charge in [0.05, 0.1) is 11.7 Å². The first kappa shape index (κ1) is 10.4. The molecule has 0 aromatic heterocycles. The highest BCUT2D eigenvalue weighted by Crippen LogP contribution is 2.49. The molecule has 3 aliphatic rings. The Labute approximate surface area is 107 Å². The van der Waals surface area contributed by atoms with E-state index in [1.165, 1.54) is 5.56 Å². The fraction of sp³-hybridized carbons (Fsp3) is 0.533. The zero-order chi connectivity index (χ0) is 12.3. The van der Waals surface area contributed by atoms with Gasteiger partial charge in [-0.2, -0.15) is 0 Å². The van der Waals surface area contributed by atoms with Crippen molar-refractivity contribution in [1.82, 2.24) is 0 Å². The van der Waals surface area contributed by atoms with Crippen LogP contribution in [0.4, 0.5) is 5.69 Å². The molecule has 2 fully saturated rings. The average molecular weight is 245 g/mol. The number of carbonyl (C=O) groups is 1. The summed E-state index contributed by atoms with van der Waals surface area (Å²) in [6.07, 6.45) is 4.16. The molecule has 3 nitrogen and oxygen atoms in total. The van der Waals surface area contributed by atoms with Crippen molar-refractivity contribution in [3.8, 4) is 5.75 Å². The Hall–Kier alpha value is -1.51. The van der Waals surface area contributed by atoms with Crippen LogP contribution in [0.25, 0.3) is 0 Å². The number of carbonyl (C=O) groups excluding carboxylic acids is 1. The highest BCUT2D eigenvalue weighted by molar-refractivity contribution is 5.99. The van der Waals surface area contributed by atoms with Crippen LogP contribution >= 0.6 is 0 Å². The van der Waals surface area contributed by atoms with Crippen molar-refractivity contribution in [3.63, 3.8) is 0 Å². The van der Waals surface area contributed by atoms with Crippen LogP contribution < -0.4 is 9.64 Å². The molecule has 2 aliphatic heterocycles. The number of benzene rings is 1. The van der Waals surface area contributed by atoms with Gasteiger partial charge in [0.2, 0.25) is 5.91 Å². The molecule has 0 N–H and O–H groups in total. The Balaban J connectivity index is 1.84. The normalized spacial score (nSPS) is 32.2. The van der Waals surface area contributed by atoms with E-state index in [2.05, 4.69) is 25.1 Å². The minimum absolute atomic E-state index is 0.223. The van der Waals surface area contributed by atoms with Gasteiger partial charge in [-0.05, 0) is 42.9 Å². The number of hydrogen-bond donors (Lipinski definition) is 0. The number of ether oxygens (including phenoxy) is 1. The van der Waals surface area contributed by atoms with Gasteiger partial charge in [0, 0.05) is 6.42 Å². The zero-order valence-electron chi connectivity index (χ0n) is 10.6. The van der Waals surface area contributed by atoms with Crippen molar-refractivity contribution >= 4 is 11.6 Å². The second-order valence-electron chi connectivity index (χ2n) is 5.61. The molecule has 4 rings (SSSR count). The van der Waals surface area contributed by atoms with Gasteiger partial charge in [-0.25, -0.2) is 0 Å². The molecule has 1 saturated carbocycles. The summed E-state index contributed by atoms with van der Waals surface area (Å²) in [7, 11) is 0. The molecule has 2 heterocycles. The number of amides is 1. The summed E-state index contributed by atoms with van der Waals surface area (Å²) in [6, 6.07) is 6.57. The standard InChI is InChI=1S/C15H17NO2/c1-2-9-3-5-11-13(7-9)18-12-6-4-10-8-14(17)16(11)15(10)12/h3,5,7,10,12,15H,2,4,6,8H2,1H3/t10-,12-,15+/m1/s1/i18+2. The van der Waals surface area contributed by atoms with Gasteiger partial charge >= 0.3 is 0 Å². The third-order valence-electron chi connectivity index (χ3n) is 4.66. The Morgan fingerprint density at radius 3 is 3.11 bits per heavy atom. The van der Waals surface area contributed by atoms with Crippen LogP contribution in [-0.4, -0.2) is 18.1 Å². The molecule has 94 valence electrons. The lowest BCUT2D eigenvalue weighted by Crippen LogP contribution is -2.46. The van der Waals surface area contributed by atoms with Gasteiger partial charge in [-0.3, -0.25) is 4.79 Å². The minimum Gasteiger partial charge on any atom is -0.486 e. The second kappa shape index (κ2) is 3.50.